The number of hydrogen-bond acceptors (Lipinski definition) is 7. The van der Waals surface area contributed by atoms with Gasteiger partial charge in [-0.3, -0.25) is 9.69 Å². The van der Waals surface area contributed by atoms with Gasteiger partial charge in [-0.05, 0) is 30.9 Å². The third-order valence-electron chi connectivity index (χ3n) is 6.81. The molecule has 184 valence electrons. The van der Waals surface area contributed by atoms with Crippen molar-refractivity contribution < 1.29 is 14.3 Å². The summed E-state index contributed by atoms with van der Waals surface area (Å²) in [7, 11) is 3.29. The van der Waals surface area contributed by atoms with Gasteiger partial charge in [-0.2, -0.15) is 0 Å². The van der Waals surface area contributed by atoms with Gasteiger partial charge < -0.3 is 19.7 Å². The first-order valence-corrected chi connectivity index (χ1v) is 12.4. The predicted octanol–water partition coefficient (Wildman–Crippen LogP) is 3.53. The molecule has 0 saturated carbocycles. The Morgan fingerprint density at radius 3 is 2.46 bits per heavy atom. The summed E-state index contributed by atoms with van der Waals surface area (Å²) >= 11 is 0. The highest BCUT2D eigenvalue weighted by Crippen LogP contribution is 2.36. The highest BCUT2D eigenvalue weighted by Gasteiger charge is 2.25. The Bertz CT molecular complexity index is 1180. The zero-order valence-corrected chi connectivity index (χ0v) is 20.5. The number of hydrogen-bond donors (Lipinski definition) is 1. The Hall–Kier alpha value is -3.39. The molecule has 8 nitrogen and oxygen atoms in total. The van der Waals surface area contributed by atoms with Crippen LogP contribution in [0.1, 0.15) is 37.1 Å². The fourth-order valence-corrected chi connectivity index (χ4v) is 5.08. The molecule has 2 aliphatic rings. The van der Waals surface area contributed by atoms with E-state index in [0.29, 0.717) is 24.5 Å². The second-order valence-electron chi connectivity index (χ2n) is 9.34. The van der Waals surface area contributed by atoms with Gasteiger partial charge in [0.15, 0.2) is 11.5 Å². The van der Waals surface area contributed by atoms with Crippen molar-refractivity contribution in [2.75, 3.05) is 38.8 Å². The van der Waals surface area contributed by atoms with E-state index in [0.717, 1.165) is 68.0 Å². The van der Waals surface area contributed by atoms with Gasteiger partial charge in [-0.15, -0.1) is 0 Å². The number of aromatic nitrogens is 2. The summed E-state index contributed by atoms with van der Waals surface area (Å²) in [5.74, 6) is 3.20. The van der Waals surface area contributed by atoms with Crippen LogP contribution in [0.3, 0.4) is 0 Å². The van der Waals surface area contributed by atoms with Crippen LogP contribution in [0.15, 0.2) is 42.5 Å². The van der Waals surface area contributed by atoms with E-state index in [2.05, 4.69) is 39.4 Å². The Balaban J connectivity index is 1.50. The van der Waals surface area contributed by atoms with Crippen molar-refractivity contribution in [3.05, 3.63) is 53.9 Å². The lowest BCUT2D eigenvalue weighted by Crippen LogP contribution is -2.38. The van der Waals surface area contributed by atoms with Crippen molar-refractivity contribution in [2.24, 2.45) is 0 Å². The van der Waals surface area contributed by atoms with Gasteiger partial charge in [0.1, 0.15) is 11.6 Å². The van der Waals surface area contributed by atoms with Gasteiger partial charge in [0.25, 0.3) is 0 Å². The van der Waals surface area contributed by atoms with Crippen molar-refractivity contribution in [3.63, 3.8) is 0 Å². The molecule has 2 fully saturated rings. The quantitative estimate of drug-likeness (QED) is 0.507. The van der Waals surface area contributed by atoms with Gasteiger partial charge in [0, 0.05) is 50.1 Å². The molecule has 5 rings (SSSR count). The molecule has 2 saturated heterocycles. The number of nitrogens with one attached hydrogen (secondary N) is 1. The molecule has 8 heteroatoms. The third-order valence-corrected chi connectivity index (χ3v) is 6.81. The number of carbonyl (C=O) groups is 1. The first-order chi connectivity index (χ1) is 17.1. The number of methoxy groups -OCH3 is 2. The normalized spacial score (nSPS) is 17.9. The molecule has 1 amide bonds. The molecule has 1 aromatic heterocycles. The second kappa shape index (κ2) is 10.5. The van der Waals surface area contributed by atoms with Crippen molar-refractivity contribution in [1.82, 2.24) is 20.2 Å². The molecule has 3 aromatic rings. The monoisotopic (exact) mass is 475 g/mol. The van der Waals surface area contributed by atoms with Crippen LogP contribution in [0.4, 0.5) is 5.82 Å². The molecule has 1 atom stereocenters. The minimum absolute atomic E-state index is 0.133. The molecule has 1 N–H and O–H groups in total. The molecular weight excluding hydrogens is 442 g/mol. The maximum absolute atomic E-state index is 11.8. The first-order valence-electron chi connectivity index (χ1n) is 12.4. The lowest BCUT2D eigenvalue weighted by atomic mass is 10.1. The van der Waals surface area contributed by atoms with E-state index in [1.54, 1.807) is 14.2 Å². The summed E-state index contributed by atoms with van der Waals surface area (Å²) in [4.78, 5) is 26.5. The summed E-state index contributed by atoms with van der Waals surface area (Å²) in [5.41, 5.74) is 2.08. The van der Waals surface area contributed by atoms with Crippen molar-refractivity contribution in [2.45, 2.75) is 44.8 Å². The Morgan fingerprint density at radius 1 is 1.03 bits per heavy atom. The van der Waals surface area contributed by atoms with Gasteiger partial charge in [-0.25, -0.2) is 9.97 Å². The fourth-order valence-electron chi connectivity index (χ4n) is 5.08. The SMILES string of the molecule is COc1cc2nc(CN(Cc3ccccc3)C[C@@H]3CCC(=O)N3)nc(N3CCCC3)c2cc1OC. The number of carbonyl (C=O) groups excluding carboxylic acids is 1. The molecular formula is C27H33N5O3. The number of ether oxygens (including phenoxy) is 2. The first kappa shape index (κ1) is 23.4. The topological polar surface area (TPSA) is 79.8 Å². The Kier molecular flexibility index (Phi) is 6.99. The lowest BCUT2D eigenvalue weighted by Gasteiger charge is -2.26. The van der Waals surface area contributed by atoms with E-state index in [4.69, 9.17) is 19.4 Å². The van der Waals surface area contributed by atoms with E-state index >= 15 is 0 Å². The molecule has 0 bridgehead atoms. The van der Waals surface area contributed by atoms with E-state index in [1.165, 1.54) is 5.56 Å². The lowest BCUT2D eigenvalue weighted by molar-refractivity contribution is -0.119. The molecule has 0 radical (unpaired) electrons. The van der Waals surface area contributed by atoms with Crippen LogP contribution in [0, 0.1) is 0 Å². The minimum atomic E-state index is 0.133. The van der Waals surface area contributed by atoms with Crippen LogP contribution >= 0.6 is 0 Å². The van der Waals surface area contributed by atoms with E-state index in [-0.39, 0.29) is 11.9 Å². The summed E-state index contributed by atoms with van der Waals surface area (Å²) in [6.45, 7) is 4.09. The molecule has 2 aliphatic heterocycles. The standard InChI is InChI=1S/C27H33N5O3/c1-34-23-14-21-22(15-24(23)35-2)29-25(30-27(21)32-12-6-7-13-32)18-31(16-19-8-4-3-5-9-19)17-20-10-11-26(33)28-20/h3-5,8-9,14-15,20H,6-7,10-13,16-18H2,1-2H3,(H,28,33)/t20-/m0/s1. The molecule has 0 aliphatic carbocycles. The highest BCUT2D eigenvalue weighted by atomic mass is 16.5. The Morgan fingerprint density at radius 2 is 1.77 bits per heavy atom. The average Bonchev–Trinajstić information content (AvgIpc) is 3.55. The number of rotatable bonds is 9. The predicted molar refractivity (Wildman–Crippen MR) is 136 cm³/mol. The highest BCUT2D eigenvalue weighted by molar-refractivity contribution is 5.92. The molecule has 3 heterocycles. The zero-order chi connectivity index (χ0) is 24.2. The zero-order valence-electron chi connectivity index (χ0n) is 20.5. The molecule has 0 spiro atoms. The second-order valence-corrected chi connectivity index (χ2v) is 9.34. The van der Waals surface area contributed by atoms with Gasteiger partial charge in [0.05, 0.1) is 26.3 Å². The summed E-state index contributed by atoms with van der Waals surface area (Å²) in [6.07, 6.45) is 3.78. The number of nitrogens with zero attached hydrogens (tertiary/aromatic N) is 4. The van der Waals surface area contributed by atoms with Crippen LogP contribution < -0.4 is 19.7 Å². The number of benzene rings is 2. The van der Waals surface area contributed by atoms with Crippen LogP contribution in [-0.4, -0.2) is 60.7 Å². The van der Waals surface area contributed by atoms with E-state index in [1.807, 2.05) is 18.2 Å². The van der Waals surface area contributed by atoms with Crippen molar-refractivity contribution >= 4 is 22.6 Å². The van der Waals surface area contributed by atoms with E-state index in [9.17, 15) is 4.79 Å². The minimum Gasteiger partial charge on any atom is -0.493 e. The molecule has 2 aromatic carbocycles. The van der Waals surface area contributed by atoms with Gasteiger partial charge in [0.2, 0.25) is 5.91 Å². The fraction of sp³-hybridized carbons (Fsp3) is 0.444. The average molecular weight is 476 g/mol. The maximum Gasteiger partial charge on any atom is 0.220 e. The van der Waals surface area contributed by atoms with Crippen LogP contribution in [0.5, 0.6) is 11.5 Å². The smallest absolute Gasteiger partial charge is 0.220 e. The van der Waals surface area contributed by atoms with Crippen molar-refractivity contribution in [1.29, 1.82) is 0 Å². The summed E-state index contributed by atoms with van der Waals surface area (Å²) in [5, 5.41) is 4.09. The number of fused-ring (bicyclic) bond motifs is 1. The summed E-state index contributed by atoms with van der Waals surface area (Å²) < 4.78 is 11.1. The largest absolute Gasteiger partial charge is 0.493 e. The summed E-state index contributed by atoms with van der Waals surface area (Å²) in [6, 6.07) is 14.5. The van der Waals surface area contributed by atoms with Crippen molar-refractivity contribution in [3.8, 4) is 11.5 Å². The molecule has 0 unspecified atom stereocenters. The Labute approximate surface area is 206 Å². The maximum atomic E-state index is 11.8. The van der Waals surface area contributed by atoms with Crippen LogP contribution in [0.25, 0.3) is 10.9 Å². The van der Waals surface area contributed by atoms with Crippen LogP contribution in [-0.2, 0) is 17.9 Å². The van der Waals surface area contributed by atoms with E-state index < -0.39 is 0 Å². The third kappa shape index (κ3) is 5.32. The van der Waals surface area contributed by atoms with Gasteiger partial charge in [-0.1, -0.05) is 30.3 Å². The van der Waals surface area contributed by atoms with Crippen LogP contribution in [0.2, 0.25) is 0 Å². The van der Waals surface area contributed by atoms with Gasteiger partial charge >= 0.3 is 0 Å². The number of amides is 1. The number of anilines is 1. The molecule has 35 heavy (non-hydrogen) atoms.